The van der Waals surface area contributed by atoms with Crippen LogP contribution in [-0.2, 0) is 11.3 Å². The maximum Gasteiger partial charge on any atom is 0.304 e. The molecule has 0 heterocycles. The molecule has 0 spiro atoms. The molecule has 0 fully saturated rings. The van der Waals surface area contributed by atoms with E-state index in [4.69, 9.17) is 5.11 Å². The third-order valence-corrected chi connectivity index (χ3v) is 3.20. The lowest BCUT2D eigenvalue weighted by Crippen LogP contribution is -2.42. The number of carboxylic acids is 1. The number of hydrogen-bond acceptors (Lipinski definition) is 2. The van der Waals surface area contributed by atoms with Crippen LogP contribution in [0.2, 0.25) is 0 Å². The summed E-state index contributed by atoms with van der Waals surface area (Å²) in [6.07, 6.45) is 0.183. The lowest BCUT2D eigenvalue weighted by Gasteiger charge is -2.35. The Kier molecular flexibility index (Phi) is 5.12. The largest absolute Gasteiger partial charge is 0.481 e. The first-order valence-corrected chi connectivity index (χ1v) is 6.72. The van der Waals surface area contributed by atoms with Gasteiger partial charge in [-0.25, -0.2) is 0 Å². The van der Waals surface area contributed by atoms with Crippen LogP contribution in [-0.4, -0.2) is 28.1 Å². The summed E-state index contributed by atoms with van der Waals surface area (Å²) >= 11 is 0. The zero-order valence-corrected chi connectivity index (χ0v) is 12.7. The molecular formula is C16H25NO2. The number of nitrogens with zero attached hydrogens (tertiary/aromatic N) is 1. The summed E-state index contributed by atoms with van der Waals surface area (Å²) in [6, 6.07) is 6.50. The summed E-state index contributed by atoms with van der Waals surface area (Å²) in [5, 5.41) is 8.86. The van der Waals surface area contributed by atoms with Crippen LogP contribution in [0.3, 0.4) is 0 Å². The number of aliphatic carboxylic acids is 1. The van der Waals surface area contributed by atoms with Crippen molar-refractivity contribution in [1.82, 2.24) is 4.90 Å². The monoisotopic (exact) mass is 263 g/mol. The Balaban J connectivity index is 2.84. The van der Waals surface area contributed by atoms with Crippen LogP contribution in [0.4, 0.5) is 0 Å². The quantitative estimate of drug-likeness (QED) is 0.885. The molecular weight excluding hydrogens is 238 g/mol. The lowest BCUT2D eigenvalue weighted by atomic mass is 10.0. The van der Waals surface area contributed by atoms with Crippen molar-refractivity contribution >= 4 is 5.97 Å². The predicted octanol–water partition coefficient (Wildman–Crippen LogP) is 3.38. The van der Waals surface area contributed by atoms with Crippen molar-refractivity contribution in [3.05, 3.63) is 34.9 Å². The van der Waals surface area contributed by atoms with Gasteiger partial charge in [-0.3, -0.25) is 9.69 Å². The van der Waals surface area contributed by atoms with Gasteiger partial charge in [0.15, 0.2) is 0 Å². The molecule has 3 heteroatoms. The molecule has 106 valence electrons. The minimum Gasteiger partial charge on any atom is -0.481 e. The smallest absolute Gasteiger partial charge is 0.304 e. The molecule has 0 aromatic heterocycles. The van der Waals surface area contributed by atoms with Gasteiger partial charge in [-0.05, 0) is 40.2 Å². The molecule has 19 heavy (non-hydrogen) atoms. The van der Waals surface area contributed by atoms with E-state index in [1.807, 2.05) is 0 Å². The van der Waals surface area contributed by atoms with Gasteiger partial charge in [-0.2, -0.15) is 0 Å². The molecule has 3 nitrogen and oxygen atoms in total. The van der Waals surface area contributed by atoms with Crippen LogP contribution in [0.25, 0.3) is 0 Å². The maximum atomic E-state index is 10.8. The van der Waals surface area contributed by atoms with Gasteiger partial charge >= 0.3 is 5.97 Å². The summed E-state index contributed by atoms with van der Waals surface area (Å²) in [4.78, 5) is 13.0. The normalized spacial score (nSPS) is 11.9. The molecule has 0 bridgehead atoms. The van der Waals surface area contributed by atoms with Crippen LogP contribution in [0, 0.1) is 13.8 Å². The van der Waals surface area contributed by atoms with E-state index >= 15 is 0 Å². The fourth-order valence-corrected chi connectivity index (χ4v) is 2.26. The lowest BCUT2D eigenvalue weighted by molar-refractivity contribution is -0.137. The van der Waals surface area contributed by atoms with Gasteiger partial charge in [0.05, 0.1) is 6.42 Å². The van der Waals surface area contributed by atoms with Crippen LogP contribution < -0.4 is 0 Å². The van der Waals surface area contributed by atoms with Gasteiger partial charge in [-0.15, -0.1) is 0 Å². The van der Waals surface area contributed by atoms with Gasteiger partial charge in [0, 0.05) is 18.6 Å². The summed E-state index contributed by atoms with van der Waals surface area (Å²) < 4.78 is 0. The third kappa shape index (κ3) is 5.43. The SMILES string of the molecule is Cc1cc(C)cc(CN(CCC(=O)O)C(C)(C)C)c1. The molecule has 1 aromatic carbocycles. The molecule has 0 aliphatic rings. The fraction of sp³-hybridized carbons (Fsp3) is 0.562. The molecule has 0 amide bonds. The molecule has 0 aliphatic heterocycles. The summed E-state index contributed by atoms with van der Waals surface area (Å²) in [5.41, 5.74) is 3.72. The average Bonchev–Trinajstić information content (AvgIpc) is 2.20. The molecule has 0 saturated heterocycles. The highest BCUT2D eigenvalue weighted by atomic mass is 16.4. The maximum absolute atomic E-state index is 10.8. The van der Waals surface area contributed by atoms with Crippen LogP contribution in [0.15, 0.2) is 18.2 Å². The summed E-state index contributed by atoms with van der Waals surface area (Å²) in [7, 11) is 0. The van der Waals surface area contributed by atoms with E-state index in [9.17, 15) is 4.79 Å². The van der Waals surface area contributed by atoms with Crippen molar-refractivity contribution in [1.29, 1.82) is 0 Å². The van der Waals surface area contributed by atoms with E-state index in [-0.39, 0.29) is 12.0 Å². The van der Waals surface area contributed by atoms with E-state index in [1.54, 1.807) is 0 Å². The van der Waals surface area contributed by atoms with Crippen molar-refractivity contribution < 1.29 is 9.90 Å². The zero-order chi connectivity index (χ0) is 14.6. The van der Waals surface area contributed by atoms with Crippen molar-refractivity contribution in [2.75, 3.05) is 6.54 Å². The van der Waals surface area contributed by atoms with Crippen LogP contribution in [0.5, 0.6) is 0 Å². The van der Waals surface area contributed by atoms with E-state index < -0.39 is 5.97 Å². The van der Waals surface area contributed by atoms with Crippen molar-refractivity contribution in [3.8, 4) is 0 Å². The van der Waals surface area contributed by atoms with Crippen molar-refractivity contribution in [2.45, 2.75) is 53.1 Å². The van der Waals surface area contributed by atoms with Gasteiger partial charge in [0.25, 0.3) is 0 Å². The second-order valence-electron chi connectivity index (χ2n) is 6.23. The van der Waals surface area contributed by atoms with Gasteiger partial charge in [0.2, 0.25) is 0 Å². The second-order valence-corrected chi connectivity index (χ2v) is 6.23. The Bertz CT molecular complexity index is 426. The molecule has 0 atom stereocenters. The number of aryl methyl sites for hydroxylation is 2. The van der Waals surface area contributed by atoms with E-state index in [2.05, 4.69) is 57.7 Å². The number of carboxylic acid groups (broad SMARTS) is 1. The third-order valence-electron chi connectivity index (χ3n) is 3.20. The highest BCUT2D eigenvalue weighted by Crippen LogP contribution is 2.19. The van der Waals surface area contributed by atoms with Gasteiger partial charge in [0.1, 0.15) is 0 Å². The minimum absolute atomic E-state index is 0.0346. The molecule has 1 N–H and O–H groups in total. The average molecular weight is 263 g/mol. The minimum atomic E-state index is -0.741. The zero-order valence-electron chi connectivity index (χ0n) is 12.7. The first-order chi connectivity index (χ1) is 8.68. The van der Waals surface area contributed by atoms with Gasteiger partial charge in [-0.1, -0.05) is 29.3 Å². The fourth-order valence-electron chi connectivity index (χ4n) is 2.26. The highest BCUT2D eigenvalue weighted by Gasteiger charge is 2.22. The molecule has 0 aliphatic carbocycles. The van der Waals surface area contributed by atoms with E-state index in [1.165, 1.54) is 16.7 Å². The molecule has 1 aromatic rings. The van der Waals surface area contributed by atoms with E-state index in [0.717, 1.165) is 6.54 Å². The second kappa shape index (κ2) is 6.20. The predicted molar refractivity (Wildman–Crippen MR) is 78.3 cm³/mol. The Labute approximate surface area is 116 Å². The summed E-state index contributed by atoms with van der Waals surface area (Å²) in [6.45, 7) is 11.9. The number of benzene rings is 1. The Hall–Kier alpha value is -1.35. The summed E-state index contributed by atoms with van der Waals surface area (Å²) in [5.74, 6) is -0.741. The number of rotatable bonds is 5. The molecule has 1 rings (SSSR count). The topological polar surface area (TPSA) is 40.5 Å². The Morgan fingerprint density at radius 1 is 1.16 bits per heavy atom. The molecule has 0 saturated carbocycles. The van der Waals surface area contributed by atoms with E-state index in [0.29, 0.717) is 6.54 Å². The van der Waals surface area contributed by atoms with Crippen LogP contribution in [0.1, 0.15) is 43.9 Å². The first-order valence-electron chi connectivity index (χ1n) is 6.72. The highest BCUT2D eigenvalue weighted by molar-refractivity contribution is 5.66. The Morgan fingerprint density at radius 2 is 1.68 bits per heavy atom. The first kappa shape index (κ1) is 15.7. The van der Waals surface area contributed by atoms with Crippen LogP contribution >= 0.6 is 0 Å². The van der Waals surface area contributed by atoms with Gasteiger partial charge < -0.3 is 5.11 Å². The number of hydrogen-bond donors (Lipinski definition) is 1. The Morgan fingerprint density at radius 3 is 2.11 bits per heavy atom. The molecule has 0 unspecified atom stereocenters. The number of carbonyl (C=O) groups is 1. The molecule has 0 radical (unpaired) electrons. The van der Waals surface area contributed by atoms with Crippen molar-refractivity contribution in [3.63, 3.8) is 0 Å². The standard InChI is InChI=1S/C16H25NO2/c1-12-8-13(2)10-14(9-12)11-17(16(3,4)5)7-6-15(18)19/h8-10H,6-7,11H2,1-5H3,(H,18,19). The van der Waals surface area contributed by atoms with Crippen molar-refractivity contribution in [2.24, 2.45) is 0 Å².